The largest absolute Gasteiger partial charge is 0.369 e. The highest BCUT2D eigenvalue weighted by molar-refractivity contribution is 5.87. The first-order valence-electron chi connectivity index (χ1n) is 7.65. The summed E-state index contributed by atoms with van der Waals surface area (Å²) < 4.78 is 1.85. The van der Waals surface area contributed by atoms with Crippen molar-refractivity contribution in [2.75, 3.05) is 11.9 Å². The van der Waals surface area contributed by atoms with Crippen LogP contribution in [-0.2, 0) is 0 Å². The zero-order valence-electron chi connectivity index (χ0n) is 13.2. The maximum absolute atomic E-state index is 4.47. The van der Waals surface area contributed by atoms with Gasteiger partial charge in [0.2, 0.25) is 0 Å². The molecule has 5 nitrogen and oxygen atoms in total. The molecule has 0 unspecified atom stereocenters. The summed E-state index contributed by atoms with van der Waals surface area (Å²) in [7, 11) is 0. The number of aromatic nitrogens is 4. The maximum Gasteiger partial charge on any atom is 0.168 e. The van der Waals surface area contributed by atoms with Crippen molar-refractivity contribution in [1.82, 2.24) is 19.7 Å². The van der Waals surface area contributed by atoms with Crippen molar-refractivity contribution in [1.29, 1.82) is 0 Å². The van der Waals surface area contributed by atoms with Crippen LogP contribution < -0.4 is 5.32 Å². The van der Waals surface area contributed by atoms with Gasteiger partial charge in [0.1, 0.15) is 12.1 Å². The molecule has 0 atom stereocenters. The molecule has 22 heavy (non-hydrogen) atoms. The van der Waals surface area contributed by atoms with Crippen LogP contribution in [0.4, 0.5) is 5.82 Å². The second-order valence-corrected chi connectivity index (χ2v) is 5.96. The summed E-state index contributed by atoms with van der Waals surface area (Å²) in [5, 5.41) is 8.81. The van der Waals surface area contributed by atoms with Crippen molar-refractivity contribution in [2.45, 2.75) is 27.2 Å². The Kier molecular flexibility index (Phi) is 4.04. The van der Waals surface area contributed by atoms with E-state index >= 15 is 0 Å². The molecule has 0 fully saturated rings. The number of hydrogen-bond acceptors (Lipinski definition) is 4. The van der Waals surface area contributed by atoms with Crippen molar-refractivity contribution in [3.8, 4) is 5.69 Å². The third kappa shape index (κ3) is 2.93. The topological polar surface area (TPSA) is 55.6 Å². The van der Waals surface area contributed by atoms with Crippen molar-refractivity contribution in [3.63, 3.8) is 0 Å². The van der Waals surface area contributed by atoms with E-state index in [-0.39, 0.29) is 0 Å². The molecule has 0 aliphatic carbocycles. The SMILES string of the molecule is Cc1ccc(-n2ncc3c(NCCC(C)C)ncnc32)cc1. The first-order valence-corrected chi connectivity index (χ1v) is 7.65. The van der Waals surface area contributed by atoms with Crippen LogP contribution in [0.25, 0.3) is 16.7 Å². The van der Waals surface area contributed by atoms with Gasteiger partial charge in [-0.1, -0.05) is 31.5 Å². The molecule has 1 aromatic carbocycles. The Morgan fingerprint density at radius 3 is 2.64 bits per heavy atom. The predicted octanol–water partition coefficient (Wildman–Crippen LogP) is 3.58. The second-order valence-electron chi connectivity index (χ2n) is 5.96. The van der Waals surface area contributed by atoms with Crippen LogP contribution in [0.15, 0.2) is 36.8 Å². The van der Waals surface area contributed by atoms with Crippen LogP contribution in [-0.4, -0.2) is 26.3 Å². The Labute approximate surface area is 130 Å². The lowest BCUT2D eigenvalue weighted by Crippen LogP contribution is -2.07. The van der Waals surface area contributed by atoms with Crippen LogP contribution in [0.3, 0.4) is 0 Å². The summed E-state index contributed by atoms with van der Waals surface area (Å²) in [6.07, 6.45) is 4.52. The standard InChI is InChI=1S/C17H21N5/c1-12(2)8-9-18-16-15-10-21-22(17(15)20-11-19-16)14-6-4-13(3)5-7-14/h4-7,10-12H,8-9H2,1-3H3,(H,18,19,20). The minimum Gasteiger partial charge on any atom is -0.369 e. The van der Waals surface area contributed by atoms with Gasteiger partial charge in [0, 0.05) is 6.54 Å². The molecule has 0 aliphatic rings. The van der Waals surface area contributed by atoms with Gasteiger partial charge in [-0.15, -0.1) is 0 Å². The predicted molar refractivity (Wildman–Crippen MR) is 89.3 cm³/mol. The van der Waals surface area contributed by atoms with Gasteiger partial charge >= 0.3 is 0 Å². The molecule has 0 spiro atoms. The van der Waals surface area contributed by atoms with Gasteiger partial charge in [-0.25, -0.2) is 14.6 Å². The van der Waals surface area contributed by atoms with E-state index in [1.54, 1.807) is 6.33 Å². The fraction of sp³-hybridized carbons (Fsp3) is 0.353. The number of nitrogens with zero attached hydrogens (tertiary/aromatic N) is 4. The highest BCUT2D eigenvalue weighted by Crippen LogP contribution is 2.21. The quantitative estimate of drug-likeness (QED) is 0.781. The average molecular weight is 295 g/mol. The molecule has 2 heterocycles. The van der Waals surface area contributed by atoms with E-state index in [4.69, 9.17) is 0 Å². The highest BCUT2D eigenvalue weighted by Gasteiger charge is 2.10. The second kappa shape index (κ2) is 6.13. The first-order chi connectivity index (χ1) is 10.6. The molecular weight excluding hydrogens is 274 g/mol. The third-order valence-corrected chi connectivity index (χ3v) is 3.66. The lowest BCUT2D eigenvalue weighted by Gasteiger charge is -2.08. The number of fused-ring (bicyclic) bond motifs is 1. The number of rotatable bonds is 5. The van der Waals surface area contributed by atoms with Crippen molar-refractivity contribution >= 4 is 16.9 Å². The first kappa shape index (κ1) is 14.5. The zero-order chi connectivity index (χ0) is 15.5. The molecule has 0 saturated carbocycles. The molecule has 0 aliphatic heterocycles. The Morgan fingerprint density at radius 2 is 1.91 bits per heavy atom. The molecule has 114 valence electrons. The summed E-state index contributed by atoms with van der Waals surface area (Å²) in [5.41, 5.74) is 3.06. The minimum atomic E-state index is 0.667. The third-order valence-electron chi connectivity index (χ3n) is 3.66. The average Bonchev–Trinajstić information content (AvgIpc) is 2.92. The summed E-state index contributed by atoms with van der Waals surface area (Å²) in [5.74, 6) is 1.52. The summed E-state index contributed by atoms with van der Waals surface area (Å²) in [4.78, 5) is 8.74. The van der Waals surface area contributed by atoms with Crippen molar-refractivity contribution < 1.29 is 0 Å². The maximum atomic E-state index is 4.47. The summed E-state index contributed by atoms with van der Waals surface area (Å²) in [6, 6.07) is 8.25. The van der Waals surface area contributed by atoms with Crippen LogP contribution in [0, 0.1) is 12.8 Å². The lowest BCUT2D eigenvalue weighted by atomic mass is 10.1. The molecule has 1 N–H and O–H groups in total. The van der Waals surface area contributed by atoms with Gasteiger partial charge in [0.05, 0.1) is 17.3 Å². The van der Waals surface area contributed by atoms with E-state index < -0.39 is 0 Å². The molecule has 0 bridgehead atoms. The number of benzene rings is 1. The van der Waals surface area contributed by atoms with Gasteiger partial charge < -0.3 is 5.32 Å². The fourth-order valence-corrected chi connectivity index (χ4v) is 2.34. The molecule has 0 amide bonds. The zero-order valence-corrected chi connectivity index (χ0v) is 13.2. The smallest absolute Gasteiger partial charge is 0.168 e. The molecule has 3 aromatic rings. The van der Waals surface area contributed by atoms with Crippen molar-refractivity contribution in [3.05, 3.63) is 42.4 Å². The number of anilines is 1. The summed E-state index contributed by atoms with van der Waals surface area (Å²) >= 11 is 0. The lowest BCUT2D eigenvalue weighted by molar-refractivity contribution is 0.607. The molecule has 0 saturated heterocycles. The normalized spacial score (nSPS) is 11.3. The van der Waals surface area contributed by atoms with Crippen LogP contribution in [0.5, 0.6) is 0 Å². The van der Waals surface area contributed by atoms with Crippen molar-refractivity contribution in [2.24, 2.45) is 5.92 Å². The van der Waals surface area contributed by atoms with Gasteiger partial charge in [-0.2, -0.15) is 5.10 Å². The Bertz CT molecular complexity index is 758. The number of hydrogen-bond donors (Lipinski definition) is 1. The van der Waals surface area contributed by atoms with E-state index in [9.17, 15) is 0 Å². The minimum absolute atomic E-state index is 0.667. The van der Waals surface area contributed by atoms with E-state index in [0.29, 0.717) is 5.92 Å². The van der Waals surface area contributed by atoms with Gasteiger partial charge in [0.15, 0.2) is 5.65 Å². The van der Waals surface area contributed by atoms with E-state index in [1.165, 1.54) is 5.56 Å². The van der Waals surface area contributed by atoms with Gasteiger partial charge in [-0.05, 0) is 31.4 Å². The molecule has 5 heteroatoms. The Morgan fingerprint density at radius 1 is 1.14 bits per heavy atom. The van der Waals surface area contributed by atoms with E-state index in [1.807, 2.05) is 10.9 Å². The van der Waals surface area contributed by atoms with Crippen LogP contribution >= 0.6 is 0 Å². The Hall–Kier alpha value is -2.43. The van der Waals surface area contributed by atoms with Crippen LogP contribution in [0.1, 0.15) is 25.8 Å². The van der Waals surface area contributed by atoms with Gasteiger partial charge in [0.25, 0.3) is 0 Å². The van der Waals surface area contributed by atoms with Crippen LogP contribution in [0.2, 0.25) is 0 Å². The number of aryl methyl sites for hydroxylation is 1. The Balaban J connectivity index is 1.93. The van der Waals surface area contributed by atoms with E-state index in [0.717, 1.165) is 35.5 Å². The fourth-order valence-electron chi connectivity index (χ4n) is 2.34. The molecule has 0 radical (unpaired) electrons. The van der Waals surface area contributed by atoms with Gasteiger partial charge in [-0.3, -0.25) is 0 Å². The molecule has 2 aromatic heterocycles. The summed E-state index contributed by atoms with van der Waals surface area (Å²) in [6.45, 7) is 7.41. The molecule has 3 rings (SSSR count). The highest BCUT2D eigenvalue weighted by atomic mass is 15.3. The van der Waals surface area contributed by atoms with E-state index in [2.05, 4.69) is 65.4 Å². The molecular formula is C17H21N5. The number of nitrogens with one attached hydrogen (secondary N) is 1. The monoisotopic (exact) mass is 295 g/mol.